The van der Waals surface area contributed by atoms with Crippen molar-refractivity contribution in [1.82, 2.24) is 15.4 Å². The van der Waals surface area contributed by atoms with Crippen LogP contribution < -0.4 is 14.8 Å². The van der Waals surface area contributed by atoms with Crippen LogP contribution in [0.2, 0.25) is 0 Å². The predicted molar refractivity (Wildman–Crippen MR) is 112 cm³/mol. The van der Waals surface area contributed by atoms with Crippen LogP contribution in [0.25, 0.3) is 11.3 Å². The summed E-state index contributed by atoms with van der Waals surface area (Å²) in [5.41, 5.74) is 1.47. The minimum absolute atomic E-state index is 0.000147. The average molecular weight is 418 g/mol. The molecule has 164 valence electrons. The molecule has 1 aromatic carbocycles. The molecule has 0 aliphatic carbocycles. The third-order valence-corrected chi connectivity index (χ3v) is 4.75. The van der Waals surface area contributed by atoms with E-state index in [1.165, 1.54) is 0 Å². The zero-order chi connectivity index (χ0) is 21.2. The number of hydrogen-bond acceptors (Lipinski definition) is 7. The molecule has 0 atom stereocenters. The fraction of sp³-hybridized carbons (Fsp3) is 0.545. The molecule has 2 heterocycles. The molecular formula is C22H31N3O5. The van der Waals surface area contributed by atoms with Gasteiger partial charge in [-0.25, -0.2) is 0 Å². The van der Waals surface area contributed by atoms with E-state index in [9.17, 15) is 4.79 Å². The van der Waals surface area contributed by atoms with Crippen molar-refractivity contribution >= 4 is 5.91 Å². The molecule has 8 heteroatoms. The normalized spacial score (nSPS) is 12.5. The lowest BCUT2D eigenvalue weighted by Crippen LogP contribution is -2.32. The van der Waals surface area contributed by atoms with Gasteiger partial charge >= 0.3 is 0 Å². The van der Waals surface area contributed by atoms with Crippen molar-refractivity contribution in [2.24, 2.45) is 0 Å². The largest absolute Gasteiger partial charge is 0.454 e. The van der Waals surface area contributed by atoms with Crippen molar-refractivity contribution < 1.29 is 23.5 Å². The van der Waals surface area contributed by atoms with Crippen LogP contribution >= 0.6 is 0 Å². The molecule has 30 heavy (non-hydrogen) atoms. The van der Waals surface area contributed by atoms with Crippen molar-refractivity contribution in [2.45, 2.75) is 39.7 Å². The number of benzene rings is 1. The molecule has 0 fully saturated rings. The van der Waals surface area contributed by atoms with Gasteiger partial charge in [-0.2, -0.15) is 0 Å². The van der Waals surface area contributed by atoms with E-state index in [2.05, 4.69) is 29.2 Å². The lowest BCUT2D eigenvalue weighted by molar-refractivity contribution is -0.126. The number of rotatable bonds is 13. The van der Waals surface area contributed by atoms with E-state index in [-0.39, 0.29) is 25.9 Å². The molecule has 0 bridgehead atoms. The Morgan fingerprint density at radius 1 is 1.13 bits per heavy atom. The van der Waals surface area contributed by atoms with Crippen LogP contribution in [0.4, 0.5) is 0 Å². The second kappa shape index (κ2) is 11.6. The Balaban J connectivity index is 1.34. The number of amides is 1. The second-order valence-electron chi connectivity index (χ2n) is 7.29. The molecule has 1 amide bonds. The molecule has 3 rings (SSSR count). The van der Waals surface area contributed by atoms with E-state index >= 15 is 0 Å². The lowest BCUT2D eigenvalue weighted by atomic mass is 10.1. The molecule has 0 unspecified atom stereocenters. The van der Waals surface area contributed by atoms with Crippen LogP contribution in [0, 0.1) is 0 Å². The van der Waals surface area contributed by atoms with Gasteiger partial charge in [-0.05, 0) is 57.1 Å². The maximum Gasteiger partial charge on any atom is 0.246 e. The first-order valence-electron chi connectivity index (χ1n) is 10.6. The highest BCUT2D eigenvalue weighted by Crippen LogP contribution is 2.36. The number of carbonyl (C=O) groups is 1. The molecule has 1 N–H and O–H groups in total. The summed E-state index contributed by atoms with van der Waals surface area (Å²) >= 11 is 0. The number of carbonyl (C=O) groups excluding carboxylic acids is 1. The smallest absolute Gasteiger partial charge is 0.246 e. The quantitative estimate of drug-likeness (QED) is 0.501. The third-order valence-electron chi connectivity index (χ3n) is 4.75. The van der Waals surface area contributed by atoms with E-state index < -0.39 is 0 Å². The Bertz CT molecular complexity index is 802. The van der Waals surface area contributed by atoms with Gasteiger partial charge in [0.05, 0.1) is 6.61 Å². The van der Waals surface area contributed by atoms with Gasteiger partial charge < -0.3 is 29.0 Å². The summed E-state index contributed by atoms with van der Waals surface area (Å²) in [5.74, 6) is 1.90. The van der Waals surface area contributed by atoms with Gasteiger partial charge in [0.2, 0.25) is 12.7 Å². The highest BCUT2D eigenvalue weighted by atomic mass is 16.7. The van der Waals surface area contributed by atoms with Crippen LogP contribution in [0.1, 0.15) is 38.8 Å². The van der Waals surface area contributed by atoms with Gasteiger partial charge in [0.25, 0.3) is 0 Å². The van der Waals surface area contributed by atoms with Crippen molar-refractivity contribution in [3.8, 4) is 22.8 Å². The van der Waals surface area contributed by atoms with Gasteiger partial charge in [-0.1, -0.05) is 19.0 Å². The third kappa shape index (κ3) is 6.47. The van der Waals surface area contributed by atoms with Crippen molar-refractivity contribution in [3.05, 3.63) is 30.0 Å². The fourth-order valence-electron chi connectivity index (χ4n) is 3.36. The minimum Gasteiger partial charge on any atom is -0.454 e. The van der Waals surface area contributed by atoms with Crippen LogP contribution in [-0.2, 0) is 16.1 Å². The van der Waals surface area contributed by atoms with Gasteiger partial charge in [0.1, 0.15) is 12.3 Å². The Hall–Kier alpha value is -2.58. The maximum atomic E-state index is 11.9. The van der Waals surface area contributed by atoms with E-state index in [0.29, 0.717) is 23.7 Å². The van der Waals surface area contributed by atoms with Crippen LogP contribution in [0.5, 0.6) is 11.5 Å². The first-order valence-corrected chi connectivity index (χ1v) is 10.6. The van der Waals surface area contributed by atoms with E-state index in [0.717, 1.165) is 50.2 Å². The number of ether oxygens (including phenoxy) is 3. The Labute approximate surface area is 177 Å². The number of nitrogens with one attached hydrogen (secondary N) is 1. The summed E-state index contributed by atoms with van der Waals surface area (Å²) in [6.45, 7) is 8.69. The molecule has 0 saturated heterocycles. The maximum absolute atomic E-state index is 11.9. The van der Waals surface area contributed by atoms with Gasteiger partial charge in [-0.3, -0.25) is 4.79 Å². The molecule has 1 aliphatic heterocycles. The summed E-state index contributed by atoms with van der Waals surface area (Å²) in [7, 11) is 0. The zero-order valence-electron chi connectivity index (χ0n) is 17.8. The summed E-state index contributed by atoms with van der Waals surface area (Å²) in [6.07, 6.45) is 3.24. The molecule has 2 aromatic rings. The highest BCUT2D eigenvalue weighted by Gasteiger charge is 2.16. The van der Waals surface area contributed by atoms with Crippen molar-refractivity contribution in [2.75, 3.05) is 39.6 Å². The molecule has 0 saturated carbocycles. The number of nitrogens with zero attached hydrogens (tertiary/aromatic N) is 2. The fourth-order valence-corrected chi connectivity index (χ4v) is 3.36. The van der Waals surface area contributed by atoms with Gasteiger partial charge in [0.15, 0.2) is 17.3 Å². The van der Waals surface area contributed by atoms with E-state index in [4.69, 9.17) is 18.7 Å². The minimum atomic E-state index is -0.118. The average Bonchev–Trinajstić information content (AvgIpc) is 3.40. The second-order valence-corrected chi connectivity index (χ2v) is 7.29. The molecule has 0 spiro atoms. The summed E-state index contributed by atoms with van der Waals surface area (Å²) in [6, 6.07) is 7.37. The van der Waals surface area contributed by atoms with Crippen LogP contribution in [-0.4, -0.2) is 55.5 Å². The van der Waals surface area contributed by atoms with Gasteiger partial charge in [-0.15, -0.1) is 0 Å². The highest BCUT2D eigenvalue weighted by molar-refractivity contribution is 5.77. The number of fused-ring (bicyclic) bond motifs is 1. The van der Waals surface area contributed by atoms with Crippen molar-refractivity contribution in [3.63, 3.8) is 0 Å². The predicted octanol–water partition coefficient (Wildman–Crippen LogP) is 3.22. The van der Waals surface area contributed by atoms with Crippen LogP contribution in [0.15, 0.2) is 28.8 Å². The SMILES string of the molecule is CCCN(CCC)CCCNC(=O)COCc1cc(-c2ccc3c(c2)OCO3)on1. The van der Waals surface area contributed by atoms with Gasteiger partial charge in [0, 0.05) is 18.2 Å². The molecule has 0 radical (unpaired) electrons. The molecular weight excluding hydrogens is 386 g/mol. The Kier molecular flexibility index (Phi) is 8.53. The van der Waals surface area contributed by atoms with E-state index in [1.54, 1.807) is 6.07 Å². The first-order chi connectivity index (χ1) is 14.7. The monoisotopic (exact) mass is 417 g/mol. The Morgan fingerprint density at radius 2 is 1.93 bits per heavy atom. The zero-order valence-corrected chi connectivity index (χ0v) is 17.8. The first kappa shape index (κ1) is 22.1. The van der Waals surface area contributed by atoms with Crippen molar-refractivity contribution in [1.29, 1.82) is 0 Å². The summed E-state index contributed by atoms with van der Waals surface area (Å²) < 4.78 is 21.5. The summed E-state index contributed by atoms with van der Waals surface area (Å²) in [4.78, 5) is 14.4. The topological polar surface area (TPSA) is 86.1 Å². The number of hydrogen-bond donors (Lipinski definition) is 1. The molecule has 1 aliphatic rings. The number of aromatic nitrogens is 1. The standard InChI is InChI=1S/C22H31N3O5/c1-3-9-25(10-4-2)11-5-8-23-22(26)15-27-14-18-13-20(30-24-18)17-6-7-19-21(12-17)29-16-28-19/h6-7,12-13H,3-5,8-11,14-16H2,1-2H3,(H,23,26). The lowest BCUT2D eigenvalue weighted by Gasteiger charge is -2.20. The van der Waals surface area contributed by atoms with Crippen LogP contribution in [0.3, 0.4) is 0 Å². The summed E-state index contributed by atoms with van der Waals surface area (Å²) in [5, 5.41) is 6.91. The Morgan fingerprint density at radius 3 is 2.73 bits per heavy atom. The van der Waals surface area contributed by atoms with E-state index in [1.807, 2.05) is 18.2 Å². The molecule has 8 nitrogen and oxygen atoms in total. The molecule has 1 aromatic heterocycles.